The molecule has 1 rings (SSSR count). The number of carbonyl (C=O) groups excluding carboxylic acids is 1. The van der Waals surface area contributed by atoms with Gasteiger partial charge in [0.1, 0.15) is 0 Å². The van der Waals surface area contributed by atoms with Crippen LogP contribution in [-0.4, -0.2) is 44.2 Å². The molecule has 19 heavy (non-hydrogen) atoms. The SMILES string of the molecule is CCN(CC)CCNCc1ccccc1C(=O)OC. The second kappa shape index (κ2) is 8.67. The van der Waals surface area contributed by atoms with Crippen LogP contribution in [0.25, 0.3) is 0 Å². The van der Waals surface area contributed by atoms with E-state index in [2.05, 4.69) is 24.1 Å². The zero-order valence-electron chi connectivity index (χ0n) is 12.1. The summed E-state index contributed by atoms with van der Waals surface area (Å²) in [7, 11) is 1.41. The van der Waals surface area contributed by atoms with Crippen molar-refractivity contribution in [3.05, 3.63) is 35.4 Å². The average molecular weight is 264 g/mol. The van der Waals surface area contributed by atoms with Crippen LogP contribution in [0.4, 0.5) is 0 Å². The van der Waals surface area contributed by atoms with Gasteiger partial charge >= 0.3 is 5.97 Å². The van der Waals surface area contributed by atoms with Gasteiger partial charge in [-0.2, -0.15) is 0 Å². The number of benzene rings is 1. The number of hydrogen-bond donors (Lipinski definition) is 1. The molecule has 1 aromatic carbocycles. The molecule has 4 heteroatoms. The maximum absolute atomic E-state index is 11.6. The summed E-state index contributed by atoms with van der Waals surface area (Å²) >= 11 is 0. The number of likely N-dealkylation sites (N-methyl/N-ethyl adjacent to an activating group) is 1. The van der Waals surface area contributed by atoms with Crippen molar-refractivity contribution in [3.63, 3.8) is 0 Å². The number of hydrogen-bond acceptors (Lipinski definition) is 4. The van der Waals surface area contributed by atoms with Crippen molar-refractivity contribution >= 4 is 5.97 Å². The summed E-state index contributed by atoms with van der Waals surface area (Å²) in [6, 6.07) is 7.55. The summed E-state index contributed by atoms with van der Waals surface area (Å²) in [5.74, 6) is -0.277. The predicted octanol–water partition coefficient (Wildman–Crippen LogP) is 1.90. The largest absolute Gasteiger partial charge is 0.465 e. The van der Waals surface area contributed by atoms with Gasteiger partial charge in [0.15, 0.2) is 0 Å². The van der Waals surface area contributed by atoms with Crippen molar-refractivity contribution in [2.75, 3.05) is 33.3 Å². The molecule has 106 valence electrons. The molecule has 0 saturated heterocycles. The van der Waals surface area contributed by atoms with Crippen molar-refractivity contribution in [1.29, 1.82) is 0 Å². The number of rotatable bonds is 8. The van der Waals surface area contributed by atoms with Gasteiger partial charge in [-0.05, 0) is 24.7 Å². The fourth-order valence-corrected chi connectivity index (χ4v) is 1.98. The number of nitrogens with one attached hydrogen (secondary N) is 1. The predicted molar refractivity (Wildman–Crippen MR) is 77.3 cm³/mol. The van der Waals surface area contributed by atoms with E-state index in [4.69, 9.17) is 4.74 Å². The zero-order chi connectivity index (χ0) is 14.1. The molecule has 0 amide bonds. The van der Waals surface area contributed by atoms with Gasteiger partial charge in [0.25, 0.3) is 0 Å². The Morgan fingerprint density at radius 1 is 1.26 bits per heavy atom. The first kappa shape index (κ1) is 15.7. The highest BCUT2D eigenvalue weighted by Crippen LogP contribution is 2.09. The minimum absolute atomic E-state index is 0.277. The van der Waals surface area contributed by atoms with Crippen LogP contribution in [0, 0.1) is 0 Å². The smallest absolute Gasteiger partial charge is 0.338 e. The van der Waals surface area contributed by atoms with Gasteiger partial charge in [-0.3, -0.25) is 0 Å². The van der Waals surface area contributed by atoms with E-state index in [0.717, 1.165) is 31.7 Å². The molecule has 0 spiro atoms. The van der Waals surface area contributed by atoms with Crippen molar-refractivity contribution in [2.45, 2.75) is 20.4 Å². The highest BCUT2D eigenvalue weighted by molar-refractivity contribution is 5.90. The maximum Gasteiger partial charge on any atom is 0.338 e. The molecule has 0 heterocycles. The molecule has 0 aromatic heterocycles. The quantitative estimate of drug-likeness (QED) is 0.575. The summed E-state index contributed by atoms with van der Waals surface area (Å²) in [6.45, 7) is 9.08. The fourth-order valence-electron chi connectivity index (χ4n) is 1.98. The lowest BCUT2D eigenvalue weighted by atomic mass is 10.1. The van der Waals surface area contributed by atoms with E-state index in [-0.39, 0.29) is 5.97 Å². The Balaban J connectivity index is 2.47. The molecular formula is C15H24N2O2. The highest BCUT2D eigenvalue weighted by Gasteiger charge is 2.10. The van der Waals surface area contributed by atoms with Crippen molar-refractivity contribution < 1.29 is 9.53 Å². The lowest BCUT2D eigenvalue weighted by molar-refractivity contribution is 0.0599. The van der Waals surface area contributed by atoms with E-state index in [1.807, 2.05) is 18.2 Å². The van der Waals surface area contributed by atoms with E-state index >= 15 is 0 Å². The highest BCUT2D eigenvalue weighted by atomic mass is 16.5. The molecule has 4 nitrogen and oxygen atoms in total. The van der Waals surface area contributed by atoms with Crippen LogP contribution in [0.3, 0.4) is 0 Å². The summed E-state index contributed by atoms with van der Waals surface area (Å²) in [5, 5.41) is 3.37. The van der Waals surface area contributed by atoms with Gasteiger partial charge in [0, 0.05) is 19.6 Å². The molecule has 0 saturated carbocycles. The lowest BCUT2D eigenvalue weighted by Crippen LogP contribution is -2.31. The van der Waals surface area contributed by atoms with Gasteiger partial charge in [-0.15, -0.1) is 0 Å². The van der Waals surface area contributed by atoms with Crippen LogP contribution in [0.1, 0.15) is 29.8 Å². The zero-order valence-corrected chi connectivity index (χ0v) is 12.1. The standard InChI is InChI=1S/C15H24N2O2/c1-4-17(5-2)11-10-16-12-13-8-6-7-9-14(13)15(18)19-3/h6-9,16H,4-5,10-12H2,1-3H3. The number of methoxy groups -OCH3 is 1. The average Bonchev–Trinajstić information content (AvgIpc) is 2.47. The molecule has 1 aromatic rings. The van der Waals surface area contributed by atoms with Gasteiger partial charge in [-0.25, -0.2) is 4.79 Å². The Kier molecular flexibility index (Phi) is 7.15. The Morgan fingerprint density at radius 3 is 2.58 bits per heavy atom. The minimum Gasteiger partial charge on any atom is -0.465 e. The molecule has 0 fully saturated rings. The Hall–Kier alpha value is -1.39. The van der Waals surface area contributed by atoms with Crippen LogP contribution < -0.4 is 5.32 Å². The summed E-state index contributed by atoms with van der Waals surface area (Å²) in [5.41, 5.74) is 1.62. The molecular weight excluding hydrogens is 240 g/mol. The van der Waals surface area contributed by atoms with Crippen LogP contribution >= 0.6 is 0 Å². The fraction of sp³-hybridized carbons (Fsp3) is 0.533. The Labute approximate surface area is 115 Å². The Morgan fingerprint density at radius 2 is 1.95 bits per heavy atom. The van der Waals surface area contributed by atoms with Crippen LogP contribution in [0.15, 0.2) is 24.3 Å². The summed E-state index contributed by atoms with van der Waals surface area (Å²) in [4.78, 5) is 14.0. The summed E-state index contributed by atoms with van der Waals surface area (Å²) < 4.78 is 4.78. The van der Waals surface area contributed by atoms with E-state index < -0.39 is 0 Å². The van der Waals surface area contributed by atoms with Crippen molar-refractivity contribution in [1.82, 2.24) is 10.2 Å². The van der Waals surface area contributed by atoms with E-state index in [1.54, 1.807) is 6.07 Å². The molecule has 0 atom stereocenters. The third kappa shape index (κ3) is 5.01. The maximum atomic E-state index is 11.6. The minimum atomic E-state index is -0.277. The normalized spacial score (nSPS) is 10.7. The van der Waals surface area contributed by atoms with Gasteiger partial charge < -0.3 is 15.0 Å². The molecule has 0 unspecified atom stereocenters. The molecule has 0 bridgehead atoms. The lowest BCUT2D eigenvalue weighted by Gasteiger charge is -2.18. The van der Waals surface area contributed by atoms with Gasteiger partial charge in [0.05, 0.1) is 12.7 Å². The molecule has 0 aliphatic heterocycles. The number of esters is 1. The van der Waals surface area contributed by atoms with Crippen molar-refractivity contribution in [2.24, 2.45) is 0 Å². The molecule has 0 aliphatic carbocycles. The number of nitrogens with zero attached hydrogens (tertiary/aromatic N) is 1. The van der Waals surface area contributed by atoms with E-state index in [9.17, 15) is 4.79 Å². The first-order valence-corrected chi connectivity index (χ1v) is 6.82. The van der Waals surface area contributed by atoms with Crippen LogP contribution in [0.2, 0.25) is 0 Å². The molecule has 1 N–H and O–H groups in total. The van der Waals surface area contributed by atoms with Crippen molar-refractivity contribution in [3.8, 4) is 0 Å². The third-order valence-electron chi connectivity index (χ3n) is 3.24. The first-order valence-electron chi connectivity index (χ1n) is 6.82. The van der Waals surface area contributed by atoms with E-state index in [0.29, 0.717) is 12.1 Å². The molecule has 0 radical (unpaired) electrons. The number of ether oxygens (including phenoxy) is 1. The third-order valence-corrected chi connectivity index (χ3v) is 3.24. The second-order valence-electron chi connectivity index (χ2n) is 4.35. The van der Waals surface area contributed by atoms with Gasteiger partial charge in [-0.1, -0.05) is 32.0 Å². The van der Waals surface area contributed by atoms with Crippen LogP contribution in [-0.2, 0) is 11.3 Å². The van der Waals surface area contributed by atoms with E-state index in [1.165, 1.54) is 7.11 Å². The van der Waals surface area contributed by atoms with Crippen LogP contribution in [0.5, 0.6) is 0 Å². The first-order chi connectivity index (χ1) is 9.22. The second-order valence-corrected chi connectivity index (χ2v) is 4.35. The molecule has 0 aliphatic rings. The van der Waals surface area contributed by atoms with Gasteiger partial charge in [0.2, 0.25) is 0 Å². The number of carbonyl (C=O) groups is 1. The topological polar surface area (TPSA) is 41.6 Å². The summed E-state index contributed by atoms with van der Waals surface area (Å²) in [6.07, 6.45) is 0. The Bertz CT molecular complexity index is 389. The monoisotopic (exact) mass is 264 g/mol.